The van der Waals surface area contributed by atoms with E-state index in [2.05, 4.69) is 41.5 Å². The number of rotatable bonds is 4. The van der Waals surface area contributed by atoms with Crippen LogP contribution in [0, 0.1) is 12.8 Å². The van der Waals surface area contributed by atoms with Crippen LogP contribution >= 0.6 is 11.3 Å². The van der Waals surface area contributed by atoms with Crippen molar-refractivity contribution in [1.82, 2.24) is 9.88 Å². The zero-order chi connectivity index (χ0) is 16.4. The second kappa shape index (κ2) is 7.31. The van der Waals surface area contributed by atoms with E-state index in [4.69, 9.17) is 14.5 Å². The summed E-state index contributed by atoms with van der Waals surface area (Å²) in [5, 5.41) is 3.32. The molecule has 1 aromatic carbocycles. The molecule has 0 saturated carbocycles. The van der Waals surface area contributed by atoms with Crippen molar-refractivity contribution < 1.29 is 9.47 Å². The Morgan fingerprint density at radius 3 is 2.54 bits per heavy atom. The van der Waals surface area contributed by atoms with Gasteiger partial charge in [-0.05, 0) is 32.9 Å². The molecule has 128 valence electrons. The lowest BCUT2D eigenvalue weighted by Crippen LogP contribution is -2.37. The molecule has 0 N–H and O–H groups in total. The smallest absolute Gasteiger partial charge is 0.160 e. The molecule has 24 heavy (non-hydrogen) atoms. The normalized spacial score (nSPS) is 20.7. The third kappa shape index (κ3) is 3.70. The van der Waals surface area contributed by atoms with E-state index >= 15 is 0 Å². The molecule has 0 unspecified atom stereocenters. The Labute approximate surface area is 147 Å². The van der Waals surface area contributed by atoms with Crippen LogP contribution in [0.15, 0.2) is 29.6 Å². The third-order valence-corrected chi connectivity index (χ3v) is 5.84. The highest BCUT2D eigenvalue weighted by Crippen LogP contribution is 2.28. The van der Waals surface area contributed by atoms with Gasteiger partial charge in [0.15, 0.2) is 6.29 Å². The predicted molar refractivity (Wildman–Crippen MR) is 96.0 cm³/mol. The van der Waals surface area contributed by atoms with Gasteiger partial charge in [-0.1, -0.05) is 29.8 Å². The first-order valence-corrected chi connectivity index (χ1v) is 9.63. The van der Waals surface area contributed by atoms with Crippen LogP contribution in [0.25, 0.3) is 10.6 Å². The van der Waals surface area contributed by atoms with Crippen molar-refractivity contribution in [2.24, 2.45) is 5.92 Å². The Kier molecular flexibility index (Phi) is 4.94. The molecule has 0 aliphatic carbocycles. The zero-order valence-electron chi connectivity index (χ0n) is 14.1. The van der Waals surface area contributed by atoms with Gasteiger partial charge in [-0.15, -0.1) is 11.3 Å². The Bertz CT molecular complexity index is 656. The maximum atomic E-state index is 5.66. The van der Waals surface area contributed by atoms with Gasteiger partial charge in [0.1, 0.15) is 5.01 Å². The molecule has 2 aromatic rings. The highest BCUT2D eigenvalue weighted by atomic mass is 32.1. The standard InChI is InChI=1S/C19H24N2O2S/c1-14-2-4-15(5-3-14)18-20-17(13-24-18)12-21-8-6-16(7-9-21)19-22-10-11-23-19/h2-5,13,16,19H,6-12H2,1H3. The van der Waals surface area contributed by atoms with Crippen molar-refractivity contribution in [3.05, 3.63) is 40.9 Å². The molecule has 0 spiro atoms. The number of aromatic nitrogens is 1. The van der Waals surface area contributed by atoms with Gasteiger partial charge in [0, 0.05) is 23.4 Å². The van der Waals surface area contributed by atoms with Crippen molar-refractivity contribution in [2.75, 3.05) is 26.3 Å². The fourth-order valence-corrected chi connectivity index (χ4v) is 4.29. The van der Waals surface area contributed by atoms with Gasteiger partial charge < -0.3 is 9.47 Å². The molecular formula is C19H24N2O2S. The molecule has 2 aliphatic rings. The predicted octanol–water partition coefficient (Wildman–Crippen LogP) is 3.70. The number of thiazole rings is 1. The summed E-state index contributed by atoms with van der Waals surface area (Å²) in [6.07, 6.45) is 2.35. The summed E-state index contributed by atoms with van der Waals surface area (Å²) in [7, 11) is 0. The van der Waals surface area contributed by atoms with E-state index in [-0.39, 0.29) is 6.29 Å². The molecule has 5 heteroatoms. The summed E-state index contributed by atoms with van der Waals surface area (Å²) in [4.78, 5) is 7.33. The van der Waals surface area contributed by atoms with Gasteiger partial charge in [0.25, 0.3) is 0 Å². The summed E-state index contributed by atoms with van der Waals surface area (Å²) < 4.78 is 11.3. The average Bonchev–Trinajstić information content (AvgIpc) is 3.28. The fraction of sp³-hybridized carbons (Fsp3) is 0.526. The molecule has 3 heterocycles. The number of hydrogen-bond acceptors (Lipinski definition) is 5. The van der Waals surface area contributed by atoms with Crippen LogP contribution in [0.5, 0.6) is 0 Å². The van der Waals surface area contributed by atoms with Crippen LogP contribution < -0.4 is 0 Å². The van der Waals surface area contributed by atoms with E-state index in [1.165, 1.54) is 16.8 Å². The van der Waals surface area contributed by atoms with Crippen molar-refractivity contribution in [1.29, 1.82) is 0 Å². The summed E-state index contributed by atoms with van der Waals surface area (Å²) in [6.45, 7) is 6.78. The van der Waals surface area contributed by atoms with Gasteiger partial charge >= 0.3 is 0 Å². The molecule has 4 nitrogen and oxygen atoms in total. The number of hydrogen-bond donors (Lipinski definition) is 0. The van der Waals surface area contributed by atoms with Crippen molar-refractivity contribution in [3.63, 3.8) is 0 Å². The molecule has 0 bridgehead atoms. The van der Waals surface area contributed by atoms with E-state index in [1.807, 2.05) is 0 Å². The lowest BCUT2D eigenvalue weighted by molar-refractivity contribution is -0.0978. The zero-order valence-corrected chi connectivity index (χ0v) is 14.9. The monoisotopic (exact) mass is 344 g/mol. The van der Waals surface area contributed by atoms with Gasteiger partial charge in [-0.25, -0.2) is 4.98 Å². The Morgan fingerprint density at radius 2 is 1.83 bits per heavy atom. The van der Waals surface area contributed by atoms with Crippen LogP contribution in [0.1, 0.15) is 24.1 Å². The maximum Gasteiger partial charge on any atom is 0.160 e. The minimum Gasteiger partial charge on any atom is -0.350 e. The molecule has 2 aliphatic heterocycles. The van der Waals surface area contributed by atoms with Crippen LogP contribution in [0.2, 0.25) is 0 Å². The minimum absolute atomic E-state index is 0.0413. The van der Waals surface area contributed by atoms with Crippen molar-refractivity contribution in [3.8, 4) is 10.6 Å². The lowest BCUT2D eigenvalue weighted by atomic mass is 9.96. The second-order valence-corrected chi connectivity index (χ2v) is 7.59. The van der Waals surface area contributed by atoms with Crippen LogP contribution in [0.3, 0.4) is 0 Å². The van der Waals surface area contributed by atoms with E-state index in [0.29, 0.717) is 5.92 Å². The number of ether oxygens (including phenoxy) is 2. The number of benzene rings is 1. The van der Waals surface area contributed by atoms with Gasteiger partial charge in [0.2, 0.25) is 0 Å². The highest BCUT2D eigenvalue weighted by molar-refractivity contribution is 7.13. The second-order valence-electron chi connectivity index (χ2n) is 6.73. The summed E-state index contributed by atoms with van der Waals surface area (Å²) >= 11 is 1.74. The minimum atomic E-state index is 0.0413. The first kappa shape index (κ1) is 16.2. The SMILES string of the molecule is Cc1ccc(-c2nc(CN3CCC(C4OCCO4)CC3)cs2)cc1. The largest absolute Gasteiger partial charge is 0.350 e. The first-order valence-electron chi connectivity index (χ1n) is 8.75. The van der Waals surface area contributed by atoms with Crippen LogP contribution in [0.4, 0.5) is 0 Å². The van der Waals surface area contributed by atoms with E-state index < -0.39 is 0 Å². The fourth-order valence-electron chi connectivity index (χ4n) is 3.47. The van der Waals surface area contributed by atoms with Gasteiger partial charge in [-0.3, -0.25) is 4.90 Å². The molecule has 4 rings (SSSR count). The van der Waals surface area contributed by atoms with Crippen molar-refractivity contribution in [2.45, 2.75) is 32.6 Å². The van der Waals surface area contributed by atoms with Gasteiger partial charge in [0.05, 0.1) is 18.9 Å². The van der Waals surface area contributed by atoms with E-state index in [0.717, 1.165) is 50.7 Å². The van der Waals surface area contributed by atoms with Crippen LogP contribution in [-0.4, -0.2) is 42.5 Å². The van der Waals surface area contributed by atoms with Crippen LogP contribution in [-0.2, 0) is 16.0 Å². The van der Waals surface area contributed by atoms with E-state index in [9.17, 15) is 0 Å². The number of likely N-dealkylation sites (tertiary alicyclic amines) is 1. The number of piperidine rings is 1. The number of nitrogens with zero attached hydrogens (tertiary/aromatic N) is 2. The summed E-state index contributed by atoms with van der Waals surface area (Å²) in [5.74, 6) is 0.558. The molecule has 0 atom stereocenters. The molecule has 0 radical (unpaired) electrons. The molecule has 1 aromatic heterocycles. The maximum absolute atomic E-state index is 5.66. The molecule has 0 amide bonds. The topological polar surface area (TPSA) is 34.6 Å². The molecule has 2 fully saturated rings. The Morgan fingerprint density at radius 1 is 1.12 bits per heavy atom. The summed E-state index contributed by atoms with van der Waals surface area (Å²) in [6, 6.07) is 8.61. The van der Waals surface area contributed by atoms with Gasteiger partial charge in [-0.2, -0.15) is 0 Å². The molecule has 2 saturated heterocycles. The Hall–Kier alpha value is -1.27. The third-order valence-electron chi connectivity index (χ3n) is 4.90. The number of aryl methyl sites for hydroxylation is 1. The lowest BCUT2D eigenvalue weighted by Gasteiger charge is -2.33. The Balaban J connectivity index is 1.32. The highest BCUT2D eigenvalue weighted by Gasteiger charge is 2.30. The quantitative estimate of drug-likeness (QED) is 0.847. The average molecular weight is 344 g/mol. The summed E-state index contributed by atoms with van der Waals surface area (Å²) in [5.41, 5.74) is 3.68. The van der Waals surface area contributed by atoms with E-state index in [1.54, 1.807) is 11.3 Å². The molecular weight excluding hydrogens is 320 g/mol. The first-order chi connectivity index (χ1) is 11.8. The van der Waals surface area contributed by atoms with Crippen molar-refractivity contribution >= 4 is 11.3 Å².